The minimum Gasteiger partial charge on any atom is -0.388 e. The standard InChI is InChI=1S/C15H23NOS2/c17-15(7-9-18-11-15)10-16-14(12-4-1-2-5-12)13-6-3-8-19-13/h3,6,8,12,14,16-17H,1-2,4-5,7,9-11H2. The summed E-state index contributed by atoms with van der Waals surface area (Å²) in [6, 6.07) is 4.84. The first-order valence-corrected chi connectivity index (χ1v) is 9.37. The van der Waals surface area contributed by atoms with Crippen LogP contribution in [0.25, 0.3) is 0 Å². The largest absolute Gasteiger partial charge is 0.388 e. The van der Waals surface area contributed by atoms with Crippen LogP contribution in [0.5, 0.6) is 0 Å². The normalized spacial score (nSPS) is 29.9. The summed E-state index contributed by atoms with van der Waals surface area (Å²) < 4.78 is 0. The topological polar surface area (TPSA) is 32.3 Å². The third-order valence-electron chi connectivity index (χ3n) is 4.45. The van der Waals surface area contributed by atoms with Crippen LogP contribution in [0, 0.1) is 5.92 Å². The van der Waals surface area contributed by atoms with E-state index in [0.29, 0.717) is 6.04 Å². The Hall–Kier alpha value is -0.0300. The molecule has 4 heteroatoms. The second kappa shape index (κ2) is 6.17. The van der Waals surface area contributed by atoms with Gasteiger partial charge in [0, 0.05) is 23.2 Å². The fourth-order valence-electron chi connectivity index (χ4n) is 3.29. The van der Waals surface area contributed by atoms with E-state index in [1.807, 2.05) is 23.1 Å². The molecule has 19 heavy (non-hydrogen) atoms. The Labute approximate surface area is 124 Å². The Morgan fingerprint density at radius 3 is 2.89 bits per heavy atom. The molecule has 1 saturated carbocycles. The molecule has 0 spiro atoms. The molecule has 1 aromatic heterocycles. The van der Waals surface area contributed by atoms with Gasteiger partial charge in [-0.25, -0.2) is 0 Å². The highest BCUT2D eigenvalue weighted by molar-refractivity contribution is 7.99. The molecule has 2 aliphatic rings. The van der Waals surface area contributed by atoms with Gasteiger partial charge in [0.05, 0.1) is 5.60 Å². The number of thiophene rings is 1. The molecule has 2 nitrogen and oxygen atoms in total. The summed E-state index contributed by atoms with van der Waals surface area (Å²) in [6.07, 6.45) is 6.35. The number of hydrogen-bond acceptors (Lipinski definition) is 4. The maximum absolute atomic E-state index is 10.5. The maximum atomic E-state index is 10.5. The van der Waals surface area contributed by atoms with Gasteiger partial charge < -0.3 is 10.4 Å². The average Bonchev–Trinajstić information content (AvgIpc) is 3.11. The highest BCUT2D eigenvalue weighted by Gasteiger charge is 2.34. The quantitative estimate of drug-likeness (QED) is 0.873. The monoisotopic (exact) mass is 297 g/mol. The van der Waals surface area contributed by atoms with Gasteiger partial charge in [0.1, 0.15) is 0 Å². The van der Waals surface area contributed by atoms with E-state index in [1.165, 1.54) is 30.6 Å². The first-order valence-electron chi connectivity index (χ1n) is 7.34. The van der Waals surface area contributed by atoms with Crippen molar-refractivity contribution < 1.29 is 5.11 Å². The van der Waals surface area contributed by atoms with Crippen molar-refractivity contribution in [2.45, 2.75) is 43.7 Å². The predicted molar refractivity (Wildman–Crippen MR) is 83.9 cm³/mol. The minimum atomic E-state index is -0.473. The Kier molecular flexibility index (Phi) is 4.52. The van der Waals surface area contributed by atoms with Crippen LogP contribution in [0.1, 0.15) is 43.0 Å². The van der Waals surface area contributed by atoms with Crippen molar-refractivity contribution in [2.75, 3.05) is 18.1 Å². The van der Waals surface area contributed by atoms with Crippen LogP contribution >= 0.6 is 23.1 Å². The fourth-order valence-corrected chi connectivity index (χ4v) is 5.48. The van der Waals surface area contributed by atoms with Gasteiger partial charge >= 0.3 is 0 Å². The fraction of sp³-hybridized carbons (Fsp3) is 0.733. The van der Waals surface area contributed by atoms with E-state index in [2.05, 4.69) is 22.8 Å². The molecule has 1 aromatic rings. The summed E-state index contributed by atoms with van der Waals surface area (Å²) in [4.78, 5) is 1.45. The lowest BCUT2D eigenvalue weighted by Crippen LogP contribution is -2.43. The first kappa shape index (κ1) is 13.9. The third-order valence-corrected chi connectivity index (χ3v) is 6.64. The van der Waals surface area contributed by atoms with Crippen molar-refractivity contribution >= 4 is 23.1 Å². The smallest absolute Gasteiger partial charge is 0.0869 e. The lowest BCUT2D eigenvalue weighted by atomic mass is 9.95. The second-order valence-electron chi connectivity index (χ2n) is 5.95. The van der Waals surface area contributed by atoms with Crippen molar-refractivity contribution in [1.82, 2.24) is 5.32 Å². The Balaban J connectivity index is 1.65. The Morgan fingerprint density at radius 2 is 2.26 bits per heavy atom. The van der Waals surface area contributed by atoms with Gasteiger partial charge in [-0.3, -0.25) is 0 Å². The van der Waals surface area contributed by atoms with E-state index in [9.17, 15) is 5.11 Å². The molecule has 1 saturated heterocycles. The number of aliphatic hydroxyl groups is 1. The summed E-state index contributed by atoms with van der Waals surface area (Å²) in [5.41, 5.74) is -0.473. The van der Waals surface area contributed by atoms with E-state index in [-0.39, 0.29) is 0 Å². The summed E-state index contributed by atoms with van der Waals surface area (Å²) in [6.45, 7) is 0.749. The molecule has 0 bridgehead atoms. The predicted octanol–water partition coefficient (Wildman–Crippen LogP) is 3.44. The van der Waals surface area contributed by atoms with Crippen LogP contribution in [0.4, 0.5) is 0 Å². The van der Waals surface area contributed by atoms with E-state index >= 15 is 0 Å². The molecular formula is C15H23NOS2. The van der Waals surface area contributed by atoms with Gasteiger partial charge in [-0.2, -0.15) is 11.8 Å². The van der Waals surface area contributed by atoms with Crippen molar-refractivity contribution in [3.8, 4) is 0 Å². The molecule has 0 aromatic carbocycles. The summed E-state index contributed by atoms with van der Waals surface area (Å²) in [5, 5.41) is 16.4. The van der Waals surface area contributed by atoms with Crippen molar-refractivity contribution in [1.29, 1.82) is 0 Å². The van der Waals surface area contributed by atoms with Crippen LogP contribution < -0.4 is 5.32 Å². The summed E-state index contributed by atoms with van der Waals surface area (Å²) >= 11 is 3.72. The number of hydrogen-bond donors (Lipinski definition) is 2. The van der Waals surface area contributed by atoms with Crippen LogP contribution in [0.3, 0.4) is 0 Å². The molecule has 2 heterocycles. The molecule has 2 unspecified atom stereocenters. The first-order chi connectivity index (χ1) is 9.27. The molecule has 3 rings (SSSR count). The van der Waals surface area contributed by atoms with Gasteiger partial charge in [0.2, 0.25) is 0 Å². The maximum Gasteiger partial charge on any atom is 0.0869 e. The SMILES string of the molecule is OC1(CNC(c2cccs2)C2CCCC2)CCSC1. The van der Waals surface area contributed by atoms with Crippen LogP contribution in [-0.4, -0.2) is 28.8 Å². The highest BCUT2D eigenvalue weighted by Crippen LogP contribution is 2.38. The Bertz CT molecular complexity index is 381. The van der Waals surface area contributed by atoms with Crippen LogP contribution in [0.2, 0.25) is 0 Å². The number of rotatable bonds is 5. The molecule has 1 aliphatic heterocycles. The van der Waals surface area contributed by atoms with E-state index in [4.69, 9.17) is 0 Å². The zero-order valence-corrected chi connectivity index (χ0v) is 12.9. The van der Waals surface area contributed by atoms with Crippen molar-refractivity contribution in [2.24, 2.45) is 5.92 Å². The van der Waals surface area contributed by atoms with E-state index < -0.39 is 5.60 Å². The molecule has 0 amide bonds. The van der Waals surface area contributed by atoms with Gasteiger partial charge in [0.15, 0.2) is 0 Å². The van der Waals surface area contributed by atoms with Crippen LogP contribution in [-0.2, 0) is 0 Å². The molecule has 2 fully saturated rings. The van der Waals surface area contributed by atoms with Gasteiger partial charge in [-0.05, 0) is 42.4 Å². The second-order valence-corrected chi connectivity index (χ2v) is 8.03. The highest BCUT2D eigenvalue weighted by atomic mass is 32.2. The number of thioether (sulfide) groups is 1. The van der Waals surface area contributed by atoms with Gasteiger partial charge in [-0.1, -0.05) is 18.9 Å². The molecule has 106 valence electrons. The molecular weight excluding hydrogens is 274 g/mol. The van der Waals surface area contributed by atoms with Gasteiger partial charge in [-0.15, -0.1) is 11.3 Å². The average molecular weight is 297 g/mol. The molecule has 2 N–H and O–H groups in total. The number of nitrogens with one attached hydrogen (secondary N) is 1. The Morgan fingerprint density at radius 1 is 1.42 bits per heavy atom. The molecule has 2 atom stereocenters. The minimum absolute atomic E-state index is 0.456. The lowest BCUT2D eigenvalue weighted by molar-refractivity contribution is 0.0620. The van der Waals surface area contributed by atoms with Gasteiger partial charge in [0.25, 0.3) is 0 Å². The zero-order chi connectivity index (χ0) is 13.1. The molecule has 0 radical (unpaired) electrons. The van der Waals surface area contributed by atoms with E-state index in [1.54, 1.807) is 0 Å². The molecule has 1 aliphatic carbocycles. The van der Waals surface area contributed by atoms with Crippen molar-refractivity contribution in [3.63, 3.8) is 0 Å². The van der Waals surface area contributed by atoms with Crippen LogP contribution in [0.15, 0.2) is 17.5 Å². The van der Waals surface area contributed by atoms with Crippen molar-refractivity contribution in [3.05, 3.63) is 22.4 Å². The summed E-state index contributed by atoms with van der Waals surface area (Å²) in [5.74, 6) is 2.75. The van der Waals surface area contributed by atoms with E-state index in [0.717, 1.165) is 30.4 Å². The zero-order valence-electron chi connectivity index (χ0n) is 11.3. The summed E-state index contributed by atoms with van der Waals surface area (Å²) in [7, 11) is 0. The lowest BCUT2D eigenvalue weighted by Gasteiger charge is -2.29. The third kappa shape index (κ3) is 3.35.